The number of carbonyl (C=O) groups excluding carboxylic acids is 1. The van der Waals surface area contributed by atoms with E-state index in [1.807, 2.05) is 54.6 Å². The Bertz CT molecular complexity index is 1110. The summed E-state index contributed by atoms with van der Waals surface area (Å²) in [6, 6.07) is 24.6. The molecule has 0 saturated carbocycles. The highest BCUT2D eigenvalue weighted by atomic mass is 16.3. The van der Waals surface area contributed by atoms with Crippen molar-refractivity contribution >= 4 is 5.91 Å². The molecule has 1 aliphatic carbocycles. The van der Waals surface area contributed by atoms with Crippen LogP contribution < -0.4 is 5.32 Å². The maximum Gasteiger partial charge on any atom is 0.251 e. The molecular formula is C30H34N2O2. The van der Waals surface area contributed by atoms with Crippen LogP contribution in [0.3, 0.4) is 0 Å². The first-order valence-electron chi connectivity index (χ1n) is 12.7. The summed E-state index contributed by atoms with van der Waals surface area (Å²) in [6.45, 7) is 2.98. The van der Waals surface area contributed by atoms with Gasteiger partial charge in [0.05, 0.1) is 0 Å². The molecule has 2 N–H and O–H groups in total. The lowest BCUT2D eigenvalue weighted by Gasteiger charge is -2.45. The highest BCUT2D eigenvalue weighted by Crippen LogP contribution is 2.41. The van der Waals surface area contributed by atoms with Crippen LogP contribution in [0.5, 0.6) is 5.75 Å². The van der Waals surface area contributed by atoms with E-state index in [0.717, 1.165) is 36.9 Å². The van der Waals surface area contributed by atoms with Crippen molar-refractivity contribution < 1.29 is 9.90 Å². The summed E-state index contributed by atoms with van der Waals surface area (Å²) in [5.41, 5.74) is 5.78. The Morgan fingerprint density at radius 1 is 0.941 bits per heavy atom. The van der Waals surface area contributed by atoms with E-state index in [4.69, 9.17) is 0 Å². The van der Waals surface area contributed by atoms with E-state index >= 15 is 0 Å². The third-order valence-electron chi connectivity index (χ3n) is 7.54. The highest BCUT2D eigenvalue weighted by molar-refractivity contribution is 5.94. The van der Waals surface area contributed by atoms with Gasteiger partial charge in [-0.25, -0.2) is 0 Å². The van der Waals surface area contributed by atoms with Crippen LogP contribution in [0.25, 0.3) is 11.1 Å². The average molecular weight is 455 g/mol. The van der Waals surface area contributed by atoms with E-state index in [9.17, 15) is 9.90 Å². The standard InChI is InChI=1S/C30H34N2O2/c33-26-15-16-27-25(21-26)14-17-29-28(27)9-6-20-32(29)19-5-4-18-31-30(34)24-12-10-23(11-13-24)22-7-2-1-3-8-22/h1-3,7-8,10-13,15-16,21,28-29,33H,4-6,9,14,17-20H2,(H,31,34)/t28-,29-/m1/s1. The van der Waals surface area contributed by atoms with Crippen molar-refractivity contribution in [3.63, 3.8) is 0 Å². The molecule has 3 aromatic rings. The maximum atomic E-state index is 12.5. The summed E-state index contributed by atoms with van der Waals surface area (Å²) in [6.07, 6.45) is 6.80. The number of carbonyl (C=O) groups is 1. The average Bonchev–Trinajstić information content (AvgIpc) is 2.88. The molecule has 3 aromatic carbocycles. The number of hydrogen-bond acceptors (Lipinski definition) is 3. The summed E-state index contributed by atoms with van der Waals surface area (Å²) in [5, 5.41) is 12.9. The van der Waals surface area contributed by atoms with E-state index < -0.39 is 0 Å². The van der Waals surface area contributed by atoms with E-state index in [0.29, 0.717) is 29.8 Å². The third-order valence-corrected chi connectivity index (χ3v) is 7.54. The number of phenolic OH excluding ortho intramolecular Hbond substituents is 1. The van der Waals surface area contributed by atoms with Gasteiger partial charge in [-0.1, -0.05) is 48.5 Å². The van der Waals surface area contributed by atoms with Crippen molar-refractivity contribution in [3.05, 3.63) is 89.5 Å². The fourth-order valence-electron chi connectivity index (χ4n) is 5.81. The Balaban J connectivity index is 1.08. The Kier molecular flexibility index (Phi) is 6.96. The largest absolute Gasteiger partial charge is 0.508 e. The number of piperidine rings is 1. The summed E-state index contributed by atoms with van der Waals surface area (Å²) < 4.78 is 0. The monoisotopic (exact) mass is 454 g/mol. The maximum absolute atomic E-state index is 12.5. The van der Waals surface area contributed by atoms with Crippen LogP contribution in [-0.4, -0.2) is 41.6 Å². The number of aromatic hydroxyl groups is 1. The Labute approximate surface area is 202 Å². The third kappa shape index (κ3) is 5.02. The van der Waals surface area contributed by atoms with Gasteiger partial charge in [0.25, 0.3) is 5.91 Å². The zero-order valence-corrected chi connectivity index (χ0v) is 19.7. The Morgan fingerprint density at radius 3 is 2.56 bits per heavy atom. The minimum absolute atomic E-state index is 0.00443. The van der Waals surface area contributed by atoms with Gasteiger partial charge in [0.15, 0.2) is 0 Å². The van der Waals surface area contributed by atoms with Crippen molar-refractivity contribution in [1.29, 1.82) is 0 Å². The highest BCUT2D eigenvalue weighted by Gasteiger charge is 2.35. The molecule has 1 aliphatic heterocycles. The lowest BCUT2D eigenvalue weighted by molar-refractivity contribution is 0.0948. The van der Waals surface area contributed by atoms with Crippen molar-refractivity contribution in [1.82, 2.24) is 10.2 Å². The van der Waals surface area contributed by atoms with Crippen LogP contribution >= 0.6 is 0 Å². The van der Waals surface area contributed by atoms with Gasteiger partial charge in [0.1, 0.15) is 5.75 Å². The van der Waals surface area contributed by atoms with Crippen LogP contribution in [-0.2, 0) is 6.42 Å². The number of hydrogen-bond donors (Lipinski definition) is 2. The normalized spacial score (nSPS) is 19.8. The zero-order chi connectivity index (χ0) is 23.3. The molecule has 1 heterocycles. The molecule has 4 heteroatoms. The van der Waals surface area contributed by atoms with Gasteiger partial charge in [-0.3, -0.25) is 9.69 Å². The minimum atomic E-state index is 0.00443. The molecule has 0 spiro atoms. The summed E-state index contributed by atoms with van der Waals surface area (Å²) in [4.78, 5) is 15.2. The smallest absolute Gasteiger partial charge is 0.251 e. The fourth-order valence-corrected chi connectivity index (χ4v) is 5.81. The van der Waals surface area contributed by atoms with Gasteiger partial charge in [-0.05, 0) is 104 Å². The Morgan fingerprint density at radius 2 is 1.74 bits per heavy atom. The van der Waals surface area contributed by atoms with Gasteiger partial charge < -0.3 is 10.4 Å². The fraction of sp³-hybridized carbons (Fsp3) is 0.367. The quantitative estimate of drug-likeness (QED) is 0.446. The summed E-state index contributed by atoms with van der Waals surface area (Å²) >= 11 is 0. The molecule has 1 fully saturated rings. The lowest BCUT2D eigenvalue weighted by Crippen LogP contribution is -2.46. The molecule has 34 heavy (non-hydrogen) atoms. The van der Waals surface area contributed by atoms with Crippen molar-refractivity contribution in [2.24, 2.45) is 0 Å². The number of aryl methyl sites for hydroxylation is 1. The second-order valence-electron chi connectivity index (χ2n) is 9.68. The molecule has 176 valence electrons. The van der Waals surface area contributed by atoms with Crippen LogP contribution in [0.4, 0.5) is 0 Å². The minimum Gasteiger partial charge on any atom is -0.508 e. The number of fused-ring (bicyclic) bond motifs is 3. The second-order valence-corrected chi connectivity index (χ2v) is 9.68. The predicted octanol–water partition coefficient (Wildman–Crippen LogP) is 5.76. The molecule has 0 unspecified atom stereocenters. The molecule has 0 aromatic heterocycles. The number of nitrogens with one attached hydrogen (secondary N) is 1. The number of amides is 1. The van der Waals surface area contributed by atoms with E-state index in [1.165, 1.54) is 36.9 Å². The molecule has 1 amide bonds. The number of unbranched alkanes of at least 4 members (excludes halogenated alkanes) is 1. The molecule has 0 radical (unpaired) electrons. The number of benzene rings is 3. The van der Waals surface area contributed by atoms with Gasteiger partial charge in [0.2, 0.25) is 0 Å². The van der Waals surface area contributed by atoms with Gasteiger partial charge >= 0.3 is 0 Å². The van der Waals surface area contributed by atoms with Crippen molar-refractivity contribution in [2.75, 3.05) is 19.6 Å². The summed E-state index contributed by atoms with van der Waals surface area (Å²) in [7, 11) is 0. The predicted molar refractivity (Wildman–Crippen MR) is 137 cm³/mol. The SMILES string of the molecule is O=C(NCCCCN1CCC[C@@H]2c3ccc(O)cc3CC[C@H]21)c1ccc(-c2ccccc2)cc1. The number of rotatable bonds is 7. The molecule has 2 aliphatic rings. The van der Waals surface area contributed by atoms with Gasteiger partial charge in [-0.15, -0.1) is 0 Å². The Hall–Kier alpha value is -3.11. The van der Waals surface area contributed by atoms with Crippen LogP contribution in [0.1, 0.15) is 59.5 Å². The molecule has 1 saturated heterocycles. The molecule has 4 nitrogen and oxygen atoms in total. The van der Waals surface area contributed by atoms with Crippen molar-refractivity contribution in [2.45, 2.75) is 50.5 Å². The van der Waals surface area contributed by atoms with E-state index in [1.54, 1.807) is 0 Å². The number of nitrogens with zero attached hydrogens (tertiary/aromatic N) is 1. The molecule has 0 bridgehead atoms. The second kappa shape index (κ2) is 10.4. The first-order chi connectivity index (χ1) is 16.7. The number of phenols is 1. The summed E-state index contributed by atoms with van der Waals surface area (Å²) in [5.74, 6) is 0.987. The van der Waals surface area contributed by atoms with Gasteiger partial charge in [-0.2, -0.15) is 0 Å². The van der Waals surface area contributed by atoms with Crippen LogP contribution in [0, 0.1) is 0 Å². The number of likely N-dealkylation sites (tertiary alicyclic amines) is 1. The van der Waals surface area contributed by atoms with Crippen LogP contribution in [0.15, 0.2) is 72.8 Å². The van der Waals surface area contributed by atoms with Gasteiger partial charge in [0, 0.05) is 18.2 Å². The molecule has 2 atom stereocenters. The topological polar surface area (TPSA) is 52.6 Å². The van der Waals surface area contributed by atoms with Crippen LogP contribution in [0.2, 0.25) is 0 Å². The molecular weight excluding hydrogens is 420 g/mol. The lowest BCUT2D eigenvalue weighted by atomic mass is 9.74. The zero-order valence-electron chi connectivity index (χ0n) is 19.7. The van der Waals surface area contributed by atoms with E-state index in [-0.39, 0.29) is 5.91 Å². The first kappa shape index (κ1) is 22.7. The van der Waals surface area contributed by atoms with Crippen molar-refractivity contribution in [3.8, 4) is 16.9 Å². The van der Waals surface area contributed by atoms with E-state index in [2.05, 4.69) is 28.4 Å². The molecule has 5 rings (SSSR count). The first-order valence-corrected chi connectivity index (χ1v) is 12.7.